The van der Waals surface area contributed by atoms with Crippen molar-refractivity contribution in [2.24, 2.45) is 0 Å². The number of hydrogen-bond donors (Lipinski definition) is 0. The minimum absolute atomic E-state index is 0.148. The molecule has 3 heteroatoms. The molecule has 1 atom stereocenters. The fourth-order valence-electron chi connectivity index (χ4n) is 0. The molecule has 0 bridgehead atoms. The average molecular weight is 109 g/mol. The van der Waals surface area contributed by atoms with Gasteiger partial charge < -0.3 is 0 Å². The van der Waals surface area contributed by atoms with Crippen molar-refractivity contribution in [1.29, 1.82) is 0 Å². The van der Waals surface area contributed by atoms with E-state index in [1.54, 1.807) is 0 Å². The smallest absolute Gasteiger partial charge is 0.00951 e. The van der Waals surface area contributed by atoms with E-state index < -0.39 is 0 Å². The molecule has 0 aliphatic heterocycles. The third-order valence-corrected chi connectivity index (χ3v) is 1.90. The Morgan fingerprint density at radius 3 is 1.80 bits per heavy atom. The van der Waals surface area contributed by atoms with Crippen LogP contribution in [0.4, 0.5) is 0 Å². The normalized spacial score (nSPS) is 11.8. The van der Waals surface area contributed by atoms with Crippen LogP contribution in [-0.2, 0) is 11.8 Å². The number of hydrogen-bond acceptors (Lipinski definition) is 1. The summed E-state index contributed by atoms with van der Waals surface area (Å²) in [6.07, 6.45) is 0. The van der Waals surface area contributed by atoms with Gasteiger partial charge in [-0.1, -0.05) is 11.8 Å². The van der Waals surface area contributed by atoms with Gasteiger partial charge in [-0.15, -0.1) is 0 Å². The lowest BCUT2D eigenvalue weighted by molar-refractivity contribution is 0.702. The first kappa shape index (κ1) is 5.61. The summed E-state index contributed by atoms with van der Waals surface area (Å²) in [4.78, 5) is 0. The lowest BCUT2D eigenvalue weighted by Gasteiger charge is -1.93. The van der Waals surface area contributed by atoms with Gasteiger partial charge in [0.05, 0.1) is 0 Å². The lowest BCUT2D eigenvalue weighted by Crippen LogP contribution is -1.90. The molecule has 0 aromatic carbocycles. The predicted molar refractivity (Wildman–Crippen MR) is 30.8 cm³/mol. The summed E-state index contributed by atoms with van der Waals surface area (Å²) in [5, 5.41) is 0. The zero-order valence-corrected chi connectivity index (χ0v) is 5.40. The maximum absolute atomic E-state index is 4.69. The van der Waals surface area contributed by atoms with Crippen LogP contribution in [0.5, 0.6) is 0 Å². The molecule has 0 rings (SSSR count). The summed E-state index contributed by atoms with van der Waals surface area (Å²) in [6.45, 7) is 0. The number of rotatable bonds is 1. The zero-order chi connectivity index (χ0) is 4.28. The van der Waals surface area contributed by atoms with E-state index >= 15 is 0 Å². The van der Waals surface area contributed by atoms with Crippen LogP contribution in [-0.4, -0.2) is 18.8 Å². The van der Waals surface area contributed by atoms with Crippen LogP contribution in [0.2, 0.25) is 0 Å². The molecule has 32 valence electrons. The minimum atomic E-state index is 0.148. The average Bonchev–Trinajstić information content (AvgIpc) is 1.38. The number of nitrogens with zero attached hydrogens (tertiary/aromatic N) is 1. The van der Waals surface area contributed by atoms with Crippen molar-refractivity contribution in [2.45, 2.75) is 0 Å². The van der Waals surface area contributed by atoms with Crippen LogP contribution in [0, 0.1) is 0 Å². The quantitative estimate of drug-likeness (QED) is 0.446. The second-order valence-corrected chi connectivity index (χ2v) is 2.95. The van der Waals surface area contributed by atoms with Gasteiger partial charge in [0.25, 0.3) is 0 Å². The van der Waals surface area contributed by atoms with Crippen molar-refractivity contribution in [3.63, 3.8) is 0 Å². The van der Waals surface area contributed by atoms with Crippen molar-refractivity contribution in [2.75, 3.05) is 14.1 Å². The van der Waals surface area contributed by atoms with Gasteiger partial charge in [0.15, 0.2) is 0 Å². The monoisotopic (exact) mass is 109 g/mol. The third kappa shape index (κ3) is 4.61. The van der Waals surface area contributed by atoms with Gasteiger partial charge >= 0.3 is 0 Å². The highest BCUT2D eigenvalue weighted by molar-refractivity contribution is 7.95. The van der Waals surface area contributed by atoms with E-state index in [2.05, 4.69) is 11.8 Å². The molecule has 1 nitrogen and oxygen atoms in total. The summed E-state index contributed by atoms with van der Waals surface area (Å²) in [7, 11) is 4.12. The van der Waals surface area contributed by atoms with Crippen molar-refractivity contribution in [3.8, 4) is 0 Å². The first-order valence-corrected chi connectivity index (χ1v) is 3.79. The Balaban J connectivity index is 2.83. The minimum Gasteiger partial charge on any atom is -0.285 e. The molecule has 0 saturated heterocycles. The van der Waals surface area contributed by atoms with Crippen LogP contribution in [0.1, 0.15) is 0 Å². The third-order valence-electron chi connectivity index (χ3n) is 0.211. The van der Waals surface area contributed by atoms with Crippen LogP contribution in [0.25, 0.3) is 0 Å². The van der Waals surface area contributed by atoms with Gasteiger partial charge in [-0.05, 0) is 21.6 Å². The Hall–Kier alpha value is 0.610. The molecular formula is C2H8NPS. The lowest BCUT2D eigenvalue weighted by atomic mass is 11.3. The molecule has 0 heterocycles. The molecule has 0 aliphatic rings. The van der Waals surface area contributed by atoms with E-state index in [4.69, 9.17) is 0 Å². The summed E-state index contributed by atoms with van der Waals surface area (Å²) in [5.41, 5.74) is 0. The molecule has 0 radical (unpaired) electrons. The second-order valence-electron chi connectivity index (χ2n) is 1.07. The van der Waals surface area contributed by atoms with E-state index in [9.17, 15) is 0 Å². The van der Waals surface area contributed by atoms with Gasteiger partial charge in [0.1, 0.15) is 0 Å². The SMILES string of the molecule is CN(C)[PH2]=S. The standard InChI is InChI=1S/C2H8NPS/c1-3(2)4-5/h4H2,1-2H3. The molecule has 0 aliphatic carbocycles. The predicted octanol–water partition coefficient (Wildman–Crippen LogP) is 0.336. The van der Waals surface area contributed by atoms with Gasteiger partial charge in [-0.2, -0.15) is 0 Å². The van der Waals surface area contributed by atoms with Gasteiger partial charge in [0.2, 0.25) is 0 Å². The van der Waals surface area contributed by atoms with E-state index in [0.29, 0.717) is 0 Å². The van der Waals surface area contributed by atoms with Crippen LogP contribution in [0.15, 0.2) is 0 Å². The maximum Gasteiger partial charge on any atom is -0.00951 e. The Morgan fingerprint density at radius 2 is 1.80 bits per heavy atom. The van der Waals surface area contributed by atoms with Crippen LogP contribution >= 0.6 is 7.51 Å². The molecule has 0 amide bonds. The molecule has 0 saturated carbocycles. The van der Waals surface area contributed by atoms with Crippen molar-refractivity contribution >= 4 is 19.3 Å². The summed E-state index contributed by atoms with van der Waals surface area (Å²) in [6, 6.07) is 0. The highest BCUT2D eigenvalue weighted by atomic mass is 32.4. The van der Waals surface area contributed by atoms with E-state index in [-0.39, 0.29) is 7.51 Å². The molecular weight excluding hydrogens is 101 g/mol. The van der Waals surface area contributed by atoms with Gasteiger partial charge in [0, 0.05) is 0 Å². The second kappa shape index (κ2) is 2.83. The fourth-order valence-corrected chi connectivity index (χ4v) is 0. The van der Waals surface area contributed by atoms with Crippen molar-refractivity contribution in [3.05, 3.63) is 0 Å². The Kier molecular flexibility index (Phi) is 3.17. The first-order valence-electron chi connectivity index (χ1n) is 1.39. The summed E-state index contributed by atoms with van der Waals surface area (Å²) >= 11 is 4.69. The molecule has 1 unspecified atom stereocenters. The summed E-state index contributed by atoms with van der Waals surface area (Å²) in [5.74, 6) is 0. The van der Waals surface area contributed by atoms with Crippen LogP contribution in [0.3, 0.4) is 0 Å². The topological polar surface area (TPSA) is 3.24 Å². The zero-order valence-electron chi connectivity index (χ0n) is 3.43. The van der Waals surface area contributed by atoms with Crippen molar-refractivity contribution in [1.82, 2.24) is 4.67 Å². The Bertz CT molecular complexity index is 36.6. The van der Waals surface area contributed by atoms with Crippen molar-refractivity contribution < 1.29 is 0 Å². The van der Waals surface area contributed by atoms with E-state index in [0.717, 1.165) is 0 Å². The highest BCUT2D eigenvalue weighted by Crippen LogP contribution is 1.91. The van der Waals surface area contributed by atoms with E-state index in [1.807, 2.05) is 18.8 Å². The molecule has 0 spiro atoms. The van der Waals surface area contributed by atoms with Gasteiger partial charge in [-0.3, -0.25) is 4.67 Å². The fraction of sp³-hybridized carbons (Fsp3) is 1.00. The Labute approximate surface area is 38.9 Å². The molecule has 5 heavy (non-hydrogen) atoms. The molecule has 0 aromatic heterocycles. The van der Waals surface area contributed by atoms with E-state index in [1.165, 1.54) is 0 Å². The molecule has 0 aromatic rings. The van der Waals surface area contributed by atoms with Crippen LogP contribution < -0.4 is 0 Å². The first-order chi connectivity index (χ1) is 2.27. The highest BCUT2D eigenvalue weighted by Gasteiger charge is 1.65. The summed E-state index contributed by atoms with van der Waals surface area (Å²) < 4.78 is 2.02. The molecule has 0 N–H and O–H groups in total. The maximum atomic E-state index is 4.69. The molecule has 0 fully saturated rings. The largest absolute Gasteiger partial charge is 0.285 e. The van der Waals surface area contributed by atoms with Gasteiger partial charge in [-0.25, -0.2) is 0 Å². The Morgan fingerprint density at radius 1 is 1.60 bits per heavy atom.